The number of aliphatic hydroxyl groups excluding tert-OH is 1. The van der Waals surface area contributed by atoms with Crippen molar-refractivity contribution < 1.29 is 5.11 Å². The van der Waals surface area contributed by atoms with E-state index in [4.69, 9.17) is 5.11 Å². The Morgan fingerprint density at radius 2 is 2.28 bits per heavy atom. The van der Waals surface area contributed by atoms with Crippen molar-refractivity contribution >= 4 is 11.3 Å². The summed E-state index contributed by atoms with van der Waals surface area (Å²) in [6.45, 7) is 2.62. The first-order valence-electron chi connectivity index (χ1n) is 7.16. The summed E-state index contributed by atoms with van der Waals surface area (Å²) in [7, 11) is 0. The van der Waals surface area contributed by atoms with Gasteiger partial charge in [-0.3, -0.25) is 4.90 Å². The Balaban J connectivity index is 1.56. The predicted octanol–water partition coefficient (Wildman–Crippen LogP) is 2.76. The van der Waals surface area contributed by atoms with E-state index in [1.165, 1.54) is 42.1 Å². The van der Waals surface area contributed by atoms with Crippen LogP contribution in [0.4, 0.5) is 0 Å². The molecule has 2 aliphatic rings. The summed E-state index contributed by atoms with van der Waals surface area (Å²) < 4.78 is 0. The molecule has 1 aliphatic heterocycles. The fraction of sp³-hybridized carbons (Fsp3) is 0.786. The molecule has 2 fully saturated rings. The second kappa shape index (κ2) is 5.68. The van der Waals surface area contributed by atoms with Gasteiger partial charge in [0, 0.05) is 36.2 Å². The zero-order chi connectivity index (χ0) is 12.4. The van der Waals surface area contributed by atoms with E-state index in [0.29, 0.717) is 12.6 Å². The van der Waals surface area contributed by atoms with E-state index in [2.05, 4.69) is 16.1 Å². The summed E-state index contributed by atoms with van der Waals surface area (Å²) in [5.74, 6) is 0.785. The molecule has 1 saturated carbocycles. The van der Waals surface area contributed by atoms with Gasteiger partial charge in [0.1, 0.15) is 0 Å². The van der Waals surface area contributed by atoms with Crippen molar-refractivity contribution in [2.75, 3.05) is 13.2 Å². The molecule has 1 N–H and O–H groups in total. The summed E-state index contributed by atoms with van der Waals surface area (Å²) in [6, 6.07) is 0.684. The van der Waals surface area contributed by atoms with E-state index in [0.717, 1.165) is 25.3 Å². The topological polar surface area (TPSA) is 36.4 Å². The van der Waals surface area contributed by atoms with Crippen LogP contribution in [0.3, 0.4) is 0 Å². The van der Waals surface area contributed by atoms with Crippen LogP contribution in [-0.4, -0.2) is 34.2 Å². The van der Waals surface area contributed by atoms with Gasteiger partial charge < -0.3 is 5.11 Å². The fourth-order valence-corrected chi connectivity index (χ4v) is 3.98. The number of thiazole rings is 1. The number of hydrogen-bond acceptors (Lipinski definition) is 4. The van der Waals surface area contributed by atoms with Crippen LogP contribution in [0.1, 0.15) is 54.3 Å². The molecule has 100 valence electrons. The van der Waals surface area contributed by atoms with Crippen molar-refractivity contribution in [2.45, 2.75) is 57.0 Å². The minimum absolute atomic E-state index is 0.330. The molecule has 1 saturated heterocycles. The van der Waals surface area contributed by atoms with Gasteiger partial charge in [-0.05, 0) is 45.1 Å². The number of aromatic nitrogens is 1. The molecule has 0 bridgehead atoms. The Morgan fingerprint density at radius 1 is 1.39 bits per heavy atom. The molecule has 1 aliphatic carbocycles. The molecule has 0 radical (unpaired) electrons. The maximum Gasteiger partial charge on any atom is 0.0959 e. The van der Waals surface area contributed by atoms with Crippen molar-refractivity contribution in [3.05, 3.63) is 16.1 Å². The highest BCUT2D eigenvalue weighted by Crippen LogP contribution is 2.42. The van der Waals surface area contributed by atoms with Crippen LogP contribution >= 0.6 is 11.3 Å². The molecule has 4 heteroatoms. The molecule has 1 aromatic heterocycles. The highest BCUT2D eigenvalue weighted by atomic mass is 32.1. The highest BCUT2D eigenvalue weighted by Gasteiger charge is 2.28. The molecule has 1 aromatic rings. The third-order valence-electron chi connectivity index (χ3n) is 4.05. The Morgan fingerprint density at radius 3 is 3.06 bits per heavy atom. The van der Waals surface area contributed by atoms with E-state index >= 15 is 0 Å². The van der Waals surface area contributed by atoms with E-state index < -0.39 is 0 Å². The highest BCUT2D eigenvalue weighted by molar-refractivity contribution is 7.11. The molecule has 1 atom stereocenters. The third kappa shape index (κ3) is 2.92. The van der Waals surface area contributed by atoms with E-state index in [1.807, 2.05) is 11.3 Å². The number of nitrogens with zero attached hydrogens (tertiary/aromatic N) is 2. The van der Waals surface area contributed by atoms with E-state index in [9.17, 15) is 0 Å². The van der Waals surface area contributed by atoms with Crippen molar-refractivity contribution in [1.82, 2.24) is 9.88 Å². The van der Waals surface area contributed by atoms with Crippen molar-refractivity contribution in [3.63, 3.8) is 0 Å². The first-order chi connectivity index (χ1) is 8.86. The van der Waals surface area contributed by atoms with E-state index in [-0.39, 0.29) is 0 Å². The molecular weight excluding hydrogens is 244 g/mol. The van der Waals surface area contributed by atoms with Crippen LogP contribution in [0.5, 0.6) is 0 Å². The number of rotatable bonds is 6. The van der Waals surface area contributed by atoms with Crippen LogP contribution in [0, 0.1) is 0 Å². The number of likely N-dealkylation sites (tertiary alicyclic amines) is 1. The van der Waals surface area contributed by atoms with Gasteiger partial charge in [0.2, 0.25) is 0 Å². The van der Waals surface area contributed by atoms with Gasteiger partial charge in [0.15, 0.2) is 0 Å². The number of hydrogen-bond donors (Lipinski definition) is 1. The second-order valence-corrected chi connectivity index (χ2v) is 6.72. The third-order valence-corrected chi connectivity index (χ3v) is 5.20. The zero-order valence-corrected chi connectivity index (χ0v) is 11.7. The Hall–Kier alpha value is -0.450. The Labute approximate surface area is 113 Å². The van der Waals surface area contributed by atoms with Crippen molar-refractivity contribution in [3.8, 4) is 0 Å². The summed E-state index contributed by atoms with van der Waals surface area (Å²) in [5.41, 5.74) is 0. The van der Waals surface area contributed by atoms with Gasteiger partial charge in [0.05, 0.1) is 5.01 Å². The largest absolute Gasteiger partial charge is 0.396 e. The van der Waals surface area contributed by atoms with Gasteiger partial charge in [-0.15, -0.1) is 11.3 Å². The van der Waals surface area contributed by atoms with Crippen LogP contribution < -0.4 is 0 Å². The van der Waals surface area contributed by atoms with Gasteiger partial charge in [-0.1, -0.05) is 0 Å². The van der Waals surface area contributed by atoms with Crippen LogP contribution in [0.2, 0.25) is 0 Å². The Bertz CT molecular complexity index is 389. The SMILES string of the molecule is OCCCC1CCCN1Cc1cnc(C2CC2)s1. The minimum Gasteiger partial charge on any atom is -0.396 e. The smallest absolute Gasteiger partial charge is 0.0959 e. The molecule has 18 heavy (non-hydrogen) atoms. The molecule has 0 amide bonds. The second-order valence-electron chi connectivity index (χ2n) is 5.57. The van der Waals surface area contributed by atoms with Gasteiger partial charge in [-0.25, -0.2) is 4.98 Å². The molecule has 0 aromatic carbocycles. The minimum atomic E-state index is 0.330. The molecule has 3 nitrogen and oxygen atoms in total. The lowest BCUT2D eigenvalue weighted by Crippen LogP contribution is -2.28. The molecule has 0 spiro atoms. The molecule has 3 rings (SSSR count). The fourth-order valence-electron chi connectivity index (χ4n) is 2.87. The summed E-state index contributed by atoms with van der Waals surface area (Å²) in [5, 5.41) is 10.3. The normalized spacial score (nSPS) is 24.8. The van der Waals surface area contributed by atoms with Gasteiger partial charge in [-0.2, -0.15) is 0 Å². The summed E-state index contributed by atoms with van der Waals surface area (Å²) in [6.07, 6.45) is 9.46. The molecule has 1 unspecified atom stereocenters. The maximum atomic E-state index is 8.95. The average Bonchev–Trinajstić information content (AvgIpc) is 2.97. The molecule has 2 heterocycles. The lowest BCUT2D eigenvalue weighted by Gasteiger charge is -2.23. The first-order valence-corrected chi connectivity index (χ1v) is 7.98. The summed E-state index contributed by atoms with van der Waals surface area (Å²) in [4.78, 5) is 8.57. The van der Waals surface area contributed by atoms with E-state index in [1.54, 1.807) is 0 Å². The standard InChI is InChI=1S/C14H22N2OS/c17-8-2-4-12-3-1-7-16(12)10-13-9-15-14(18-13)11-5-6-11/h9,11-12,17H,1-8,10H2. The van der Waals surface area contributed by atoms with Gasteiger partial charge in [0.25, 0.3) is 0 Å². The quantitative estimate of drug-likeness (QED) is 0.860. The summed E-state index contributed by atoms with van der Waals surface area (Å²) >= 11 is 1.91. The van der Waals surface area contributed by atoms with Crippen LogP contribution in [0.15, 0.2) is 6.20 Å². The Kier molecular flexibility index (Phi) is 3.97. The monoisotopic (exact) mass is 266 g/mol. The van der Waals surface area contributed by atoms with Crippen molar-refractivity contribution in [2.24, 2.45) is 0 Å². The average molecular weight is 266 g/mol. The lowest BCUT2D eigenvalue weighted by atomic mass is 10.1. The van der Waals surface area contributed by atoms with Gasteiger partial charge >= 0.3 is 0 Å². The van der Waals surface area contributed by atoms with Crippen LogP contribution in [-0.2, 0) is 6.54 Å². The number of aliphatic hydroxyl groups is 1. The van der Waals surface area contributed by atoms with Crippen molar-refractivity contribution in [1.29, 1.82) is 0 Å². The predicted molar refractivity (Wildman–Crippen MR) is 73.8 cm³/mol. The van der Waals surface area contributed by atoms with Crippen LogP contribution in [0.25, 0.3) is 0 Å². The maximum absolute atomic E-state index is 8.95. The zero-order valence-electron chi connectivity index (χ0n) is 10.8. The molecular formula is C14H22N2OS. The first kappa shape index (κ1) is 12.6. The lowest BCUT2D eigenvalue weighted by molar-refractivity contribution is 0.211.